The van der Waals surface area contributed by atoms with E-state index in [1.54, 1.807) is 36.4 Å². The quantitative estimate of drug-likeness (QED) is 0.399. The average molecular weight is 482 g/mol. The first-order valence-corrected chi connectivity index (χ1v) is 10.7. The molecular formula is C24H24BrN3O3. The van der Waals surface area contributed by atoms with Crippen molar-refractivity contribution in [2.75, 3.05) is 29.1 Å². The molecule has 7 heteroatoms. The van der Waals surface area contributed by atoms with Crippen LogP contribution in [0.4, 0.5) is 17.1 Å². The summed E-state index contributed by atoms with van der Waals surface area (Å²) in [5, 5.41) is 8.76. The summed E-state index contributed by atoms with van der Waals surface area (Å²) in [7, 11) is 0. The second kappa shape index (κ2) is 10.6. The Hall–Kier alpha value is -3.32. The standard InChI is InChI=1S/C24H24BrN3O3/c1-3-31-20-11-9-19(10-12-20)27-24(30)17-5-7-18(8-6-17)26-15-23(29)28-22-13-4-16(2)14-21(22)25/h4-14,26H,3,15H2,1-2H3,(H,27,30)(H,28,29). The number of rotatable bonds is 8. The van der Waals surface area contributed by atoms with E-state index < -0.39 is 0 Å². The SMILES string of the molecule is CCOc1ccc(NC(=O)c2ccc(NCC(=O)Nc3ccc(C)cc3Br)cc2)cc1. The van der Waals surface area contributed by atoms with Crippen LogP contribution in [-0.4, -0.2) is 25.0 Å². The summed E-state index contributed by atoms with van der Waals surface area (Å²) in [4.78, 5) is 24.6. The molecule has 0 heterocycles. The van der Waals surface area contributed by atoms with Crippen LogP contribution in [0.2, 0.25) is 0 Å². The van der Waals surface area contributed by atoms with Crippen molar-refractivity contribution < 1.29 is 14.3 Å². The van der Waals surface area contributed by atoms with Gasteiger partial charge in [-0.3, -0.25) is 9.59 Å². The molecule has 160 valence electrons. The van der Waals surface area contributed by atoms with Crippen molar-refractivity contribution in [3.05, 3.63) is 82.3 Å². The maximum absolute atomic E-state index is 12.4. The maximum atomic E-state index is 12.4. The third-order valence-electron chi connectivity index (χ3n) is 4.42. The highest BCUT2D eigenvalue weighted by atomic mass is 79.9. The van der Waals surface area contributed by atoms with Crippen LogP contribution in [0.15, 0.2) is 71.2 Å². The van der Waals surface area contributed by atoms with Crippen molar-refractivity contribution in [1.29, 1.82) is 0 Å². The zero-order valence-corrected chi connectivity index (χ0v) is 19.0. The van der Waals surface area contributed by atoms with Gasteiger partial charge >= 0.3 is 0 Å². The molecule has 3 N–H and O–H groups in total. The predicted molar refractivity (Wildman–Crippen MR) is 128 cm³/mol. The number of nitrogens with one attached hydrogen (secondary N) is 3. The predicted octanol–water partition coefficient (Wildman–Crippen LogP) is 5.46. The highest BCUT2D eigenvalue weighted by Crippen LogP contribution is 2.23. The fourth-order valence-corrected chi connectivity index (χ4v) is 3.43. The van der Waals surface area contributed by atoms with E-state index in [1.165, 1.54) is 0 Å². The van der Waals surface area contributed by atoms with Crippen molar-refractivity contribution in [3.63, 3.8) is 0 Å². The van der Waals surface area contributed by atoms with Gasteiger partial charge in [-0.15, -0.1) is 0 Å². The maximum Gasteiger partial charge on any atom is 0.255 e. The van der Waals surface area contributed by atoms with E-state index in [-0.39, 0.29) is 18.4 Å². The molecule has 0 saturated carbocycles. The number of hydrogen-bond acceptors (Lipinski definition) is 4. The molecule has 0 spiro atoms. The monoisotopic (exact) mass is 481 g/mol. The molecule has 3 rings (SSSR count). The van der Waals surface area contributed by atoms with Gasteiger partial charge in [0, 0.05) is 21.4 Å². The van der Waals surface area contributed by atoms with Gasteiger partial charge in [-0.05, 0) is 96.0 Å². The molecule has 2 amide bonds. The van der Waals surface area contributed by atoms with Gasteiger partial charge in [0.15, 0.2) is 0 Å². The van der Waals surface area contributed by atoms with Crippen LogP contribution in [0.3, 0.4) is 0 Å². The van der Waals surface area contributed by atoms with Gasteiger partial charge in [0.2, 0.25) is 5.91 Å². The number of halogens is 1. The van der Waals surface area contributed by atoms with E-state index in [4.69, 9.17) is 4.74 Å². The lowest BCUT2D eigenvalue weighted by Gasteiger charge is -2.10. The number of benzene rings is 3. The zero-order chi connectivity index (χ0) is 22.2. The molecule has 0 atom stereocenters. The number of ether oxygens (including phenoxy) is 1. The van der Waals surface area contributed by atoms with Crippen LogP contribution in [0.25, 0.3) is 0 Å². The number of anilines is 3. The molecule has 3 aromatic carbocycles. The minimum absolute atomic E-state index is 0.109. The molecule has 0 fully saturated rings. The largest absolute Gasteiger partial charge is 0.494 e. The van der Waals surface area contributed by atoms with Gasteiger partial charge in [-0.25, -0.2) is 0 Å². The molecule has 3 aromatic rings. The first-order chi connectivity index (χ1) is 14.9. The van der Waals surface area contributed by atoms with Crippen molar-refractivity contribution >= 4 is 44.8 Å². The molecular weight excluding hydrogens is 458 g/mol. The van der Waals surface area contributed by atoms with Gasteiger partial charge in [0.1, 0.15) is 5.75 Å². The van der Waals surface area contributed by atoms with Crippen LogP contribution in [-0.2, 0) is 4.79 Å². The van der Waals surface area contributed by atoms with E-state index >= 15 is 0 Å². The third-order valence-corrected chi connectivity index (χ3v) is 5.08. The topological polar surface area (TPSA) is 79.5 Å². The average Bonchev–Trinajstić information content (AvgIpc) is 2.76. The van der Waals surface area contributed by atoms with Crippen LogP contribution >= 0.6 is 15.9 Å². The Kier molecular flexibility index (Phi) is 7.67. The number of carbonyl (C=O) groups excluding carboxylic acids is 2. The van der Waals surface area contributed by atoms with Crippen molar-refractivity contribution in [1.82, 2.24) is 0 Å². The van der Waals surface area contributed by atoms with E-state index in [9.17, 15) is 9.59 Å². The first kappa shape index (κ1) is 22.4. The minimum atomic E-state index is -0.210. The normalized spacial score (nSPS) is 10.3. The molecule has 6 nitrogen and oxygen atoms in total. The van der Waals surface area contributed by atoms with Gasteiger partial charge in [0.05, 0.1) is 18.8 Å². The highest BCUT2D eigenvalue weighted by molar-refractivity contribution is 9.10. The van der Waals surface area contributed by atoms with E-state index in [1.807, 2.05) is 44.2 Å². The highest BCUT2D eigenvalue weighted by Gasteiger charge is 2.08. The molecule has 0 aliphatic rings. The summed E-state index contributed by atoms with van der Waals surface area (Å²) in [5.41, 5.74) is 3.78. The Morgan fingerprint density at radius 1 is 0.903 bits per heavy atom. The fourth-order valence-electron chi connectivity index (χ4n) is 2.84. The Bertz CT molecular complexity index is 1050. The van der Waals surface area contributed by atoms with Gasteiger partial charge in [-0.1, -0.05) is 6.07 Å². The molecule has 0 aromatic heterocycles. The van der Waals surface area contributed by atoms with Crippen molar-refractivity contribution in [2.45, 2.75) is 13.8 Å². The summed E-state index contributed by atoms with van der Waals surface area (Å²) < 4.78 is 6.23. The summed E-state index contributed by atoms with van der Waals surface area (Å²) in [5.74, 6) is 0.384. The molecule has 0 aliphatic carbocycles. The summed E-state index contributed by atoms with van der Waals surface area (Å²) in [6.07, 6.45) is 0. The molecule has 0 radical (unpaired) electrons. The second-order valence-corrected chi connectivity index (χ2v) is 7.73. The summed E-state index contributed by atoms with van der Waals surface area (Å²) in [6.45, 7) is 4.61. The lowest BCUT2D eigenvalue weighted by atomic mass is 10.2. The third kappa shape index (κ3) is 6.58. The molecule has 0 saturated heterocycles. The van der Waals surface area contributed by atoms with Crippen LogP contribution in [0.5, 0.6) is 5.75 Å². The molecule has 0 unspecified atom stereocenters. The van der Waals surface area contributed by atoms with Gasteiger partial charge in [-0.2, -0.15) is 0 Å². The second-order valence-electron chi connectivity index (χ2n) is 6.87. The lowest BCUT2D eigenvalue weighted by Crippen LogP contribution is -2.22. The minimum Gasteiger partial charge on any atom is -0.494 e. The fraction of sp³-hybridized carbons (Fsp3) is 0.167. The Morgan fingerprint density at radius 2 is 1.58 bits per heavy atom. The molecule has 31 heavy (non-hydrogen) atoms. The van der Waals surface area contributed by atoms with Crippen LogP contribution in [0.1, 0.15) is 22.8 Å². The number of carbonyl (C=O) groups is 2. The number of aryl methyl sites for hydroxylation is 1. The van der Waals surface area contributed by atoms with Crippen LogP contribution < -0.4 is 20.7 Å². The van der Waals surface area contributed by atoms with Gasteiger partial charge < -0.3 is 20.7 Å². The first-order valence-electron chi connectivity index (χ1n) is 9.89. The Balaban J connectivity index is 1.51. The lowest BCUT2D eigenvalue weighted by molar-refractivity contribution is -0.114. The summed E-state index contributed by atoms with van der Waals surface area (Å²) in [6, 6.07) is 19.9. The van der Waals surface area contributed by atoms with E-state index in [0.717, 1.165) is 27.2 Å². The molecule has 0 bridgehead atoms. The zero-order valence-electron chi connectivity index (χ0n) is 17.4. The summed E-state index contributed by atoms with van der Waals surface area (Å²) >= 11 is 3.45. The number of amides is 2. The Morgan fingerprint density at radius 3 is 2.23 bits per heavy atom. The number of hydrogen-bond donors (Lipinski definition) is 3. The van der Waals surface area contributed by atoms with Crippen LogP contribution in [0, 0.1) is 6.92 Å². The van der Waals surface area contributed by atoms with E-state index in [0.29, 0.717) is 17.9 Å². The van der Waals surface area contributed by atoms with E-state index in [2.05, 4.69) is 31.9 Å². The smallest absolute Gasteiger partial charge is 0.255 e. The Labute approximate surface area is 190 Å². The van der Waals surface area contributed by atoms with Crippen molar-refractivity contribution in [3.8, 4) is 5.75 Å². The van der Waals surface area contributed by atoms with Crippen molar-refractivity contribution in [2.24, 2.45) is 0 Å². The molecule has 0 aliphatic heterocycles. The van der Waals surface area contributed by atoms with Gasteiger partial charge in [0.25, 0.3) is 5.91 Å².